The molecule has 0 spiro atoms. The van der Waals surface area contributed by atoms with E-state index in [1.807, 2.05) is 13.8 Å². The van der Waals surface area contributed by atoms with Crippen LogP contribution in [-0.4, -0.2) is 24.7 Å². The summed E-state index contributed by atoms with van der Waals surface area (Å²) in [7, 11) is 0. The Morgan fingerprint density at radius 1 is 1.25 bits per heavy atom. The zero-order valence-corrected chi connectivity index (χ0v) is 11.6. The molecule has 0 aromatic carbocycles. The molecule has 0 saturated carbocycles. The molecule has 16 heavy (non-hydrogen) atoms. The van der Waals surface area contributed by atoms with E-state index in [1.165, 1.54) is 0 Å². The van der Waals surface area contributed by atoms with Crippen LogP contribution in [-0.2, 0) is 9.53 Å². The predicted octanol–water partition coefficient (Wildman–Crippen LogP) is 2.60. The van der Waals surface area contributed by atoms with Crippen molar-refractivity contribution < 1.29 is 9.53 Å². The predicted molar refractivity (Wildman–Crippen MR) is 67.3 cm³/mol. The van der Waals surface area contributed by atoms with Crippen molar-refractivity contribution in [2.45, 2.75) is 53.5 Å². The maximum atomic E-state index is 11.3. The molecule has 0 rings (SSSR count). The molecule has 0 saturated heterocycles. The zero-order chi connectivity index (χ0) is 12.8. The molecule has 0 aromatic heterocycles. The fourth-order valence-corrected chi connectivity index (χ4v) is 1.17. The molecule has 3 heteroatoms. The van der Waals surface area contributed by atoms with E-state index in [1.54, 1.807) is 0 Å². The van der Waals surface area contributed by atoms with Gasteiger partial charge in [-0.25, -0.2) is 0 Å². The average Bonchev–Trinajstić information content (AvgIpc) is 2.13. The summed E-state index contributed by atoms with van der Waals surface area (Å²) in [6, 6.07) is 0. The Morgan fingerprint density at radius 3 is 2.25 bits per heavy atom. The van der Waals surface area contributed by atoms with Crippen molar-refractivity contribution in [3.63, 3.8) is 0 Å². The van der Waals surface area contributed by atoms with Crippen molar-refractivity contribution >= 4 is 5.97 Å². The third-order valence-electron chi connectivity index (χ3n) is 2.37. The molecule has 0 aliphatic heterocycles. The van der Waals surface area contributed by atoms with Gasteiger partial charge in [-0.3, -0.25) is 4.79 Å². The molecule has 0 atom stereocenters. The number of esters is 1. The fourth-order valence-electron chi connectivity index (χ4n) is 1.17. The molecule has 0 aliphatic rings. The smallest absolute Gasteiger partial charge is 0.308 e. The van der Waals surface area contributed by atoms with Gasteiger partial charge in [0.15, 0.2) is 0 Å². The van der Waals surface area contributed by atoms with Gasteiger partial charge in [0.2, 0.25) is 0 Å². The van der Waals surface area contributed by atoms with Crippen LogP contribution in [0.5, 0.6) is 0 Å². The monoisotopic (exact) mass is 229 g/mol. The molecule has 0 unspecified atom stereocenters. The van der Waals surface area contributed by atoms with Crippen LogP contribution in [0.25, 0.3) is 0 Å². The maximum Gasteiger partial charge on any atom is 0.308 e. The quantitative estimate of drug-likeness (QED) is 0.682. The summed E-state index contributed by atoms with van der Waals surface area (Å²) in [6.07, 6.45) is 1.14. The Balaban J connectivity index is 3.82. The van der Waals surface area contributed by atoms with Crippen LogP contribution in [0.4, 0.5) is 0 Å². The van der Waals surface area contributed by atoms with E-state index in [9.17, 15) is 4.79 Å². The van der Waals surface area contributed by atoms with E-state index in [4.69, 9.17) is 4.74 Å². The fraction of sp³-hybridized carbons (Fsp3) is 0.923. The van der Waals surface area contributed by atoms with Crippen molar-refractivity contribution in [1.82, 2.24) is 5.32 Å². The Morgan fingerprint density at radius 2 is 1.81 bits per heavy atom. The largest absolute Gasteiger partial charge is 0.464 e. The van der Waals surface area contributed by atoms with Crippen molar-refractivity contribution in [2.24, 2.45) is 11.8 Å². The van der Waals surface area contributed by atoms with Gasteiger partial charge in [0, 0.05) is 5.54 Å². The van der Waals surface area contributed by atoms with Crippen molar-refractivity contribution in [3.8, 4) is 0 Å². The molecule has 0 bridgehead atoms. The highest BCUT2D eigenvalue weighted by Gasteiger charge is 2.20. The summed E-state index contributed by atoms with van der Waals surface area (Å²) in [6.45, 7) is 13.6. The van der Waals surface area contributed by atoms with Gasteiger partial charge in [0.1, 0.15) is 6.61 Å². The minimum absolute atomic E-state index is 0.0496. The normalized spacial score (nSPS) is 12.2. The number of nitrogens with one attached hydrogen (secondary N) is 1. The van der Waals surface area contributed by atoms with Crippen LogP contribution < -0.4 is 5.32 Å². The summed E-state index contributed by atoms with van der Waals surface area (Å²) < 4.78 is 5.22. The maximum absolute atomic E-state index is 11.3. The van der Waals surface area contributed by atoms with Crippen LogP contribution >= 0.6 is 0 Å². The third-order valence-corrected chi connectivity index (χ3v) is 2.37. The van der Waals surface area contributed by atoms with E-state index in [0.717, 1.165) is 13.0 Å². The zero-order valence-electron chi connectivity index (χ0n) is 11.6. The first-order valence-electron chi connectivity index (χ1n) is 6.16. The lowest BCUT2D eigenvalue weighted by atomic mass is 10.1. The van der Waals surface area contributed by atoms with E-state index >= 15 is 0 Å². The number of carbonyl (C=O) groups is 1. The molecule has 0 aliphatic carbocycles. The first-order valence-corrected chi connectivity index (χ1v) is 6.16. The second-order valence-corrected chi connectivity index (χ2v) is 5.76. The minimum atomic E-state index is -0.139. The van der Waals surface area contributed by atoms with Crippen LogP contribution in [0.2, 0.25) is 0 Å². The Kier molecular flexibility index (Phi) is 6.65. The molecule has 0 amide bonds. The SMILES string of the molecule is CC(C)CCNC(C)(C)COC(=O)C(C)C. The van der Waals surface area contributed by atoms with Gasteiger partial charge in [0.05, 0.1) is 5.92 Å². The Hall–Kier alpha value is -0.570. The summed E-state index contributed by atoms with van der Waals surface area (Å²) in [4.78, 5) is 11.3. The van der Waals surface area contributed by atoms with Gasteiger partial charge >= 0.3 is 5.97 Å². The van der Waals surface area contributed by atoms with Crippen LogP contribution in [0.1, 0.15) is 48.0 Å². The molecule has 0 radical (unpaired) electrons. The summed E-state index contributed by atoms with van der Waals surface area (Å²) in [5.74, 6) is 0.520. The van der Waals surface area contributed by atoms with E-state index in [-0.39, 0.29) is 17.4 Å². The summed E-state index contributed by atoms with van der Waals surface area (Å²) in [5, 5.41) is 3.41. The van der Waals surface area contributed by atoms with Gasteiger partial charge < -0.3 is 10.1 Å². The minimum Gasteiger partial charge on any atom is -0.464 e. The summed E-state index contributed by atoms with van der Waals surface area (Å²) >= 11 is 0. The van der Waals surface area contributed by atoms with Gasteiger partial charge in [-0.2, -0.15) is 0 Å². The number of carbonyl (C=O) groups excluding carboxylic acids is 1. The lowest BCUT2D eigenvalue weighted by Crippen LogP contribution is -2.45. The molecule has 3 nitrogen and oxygen atoms in total. The van der Waals surface area contributed by atoms with Gasteiger partial charge in [-0.15, -0.1) is 0 Å². The molecule has 0 fully saturated rings. The van der Waals surface area contributed by atoms with Crippen molar-refractivity contribution in [3.05, 3.63) is 0 Å². The van der Waals surface area contributed by atoms with Crippen LogP contribution in [0.15, 0.2) is 0 Å². The molecular weight excluding hydrogens is 202 g/mol. The number of hydrogen-bond acceptors (Lipinski definition) is 3. The lowest BCUT2D eigenvalue weighted by Gasteiger charge is -2.26. The lowest BCUT2D eigenvalue weighted by molar-refractivity contribution is -0.149. The van der Waals surface area contributed by atoms with Crippen LogP contribution in [0, 0.1) is 11.8 Å². The van der Waals surface area contributed by atoms with E-state index in [0.29, 0.717) is 12.5 Å². The average molecular weight is 229 g/mol. The first-order chi connectivity index (χ1) is 7.24. The highest BCUT2D eigenvalue weighted by Crippen LogP contribution is 2.07. The number of rotatable bonds is 7. The standard InChI is InChI=1S/C13H27NO2/c1-10(2)7-8-14-13(5,6)9-16-12(15)11(3)4/h10-11,14H,7-9H2,1-6H3. The molecule has 0 heterocycles. The second-order valence-electron chi connectivity index (χ2n) is 5.76. The van der Waals surface area contributed by atoms with E-state index < -0.39 is 0 Å². The van der Waals surface area contributed by atoms with Crippen molar-refractivity contribution in [2.75, 3.05) is 13.2 Å². The second kappa shape index (κ2) is 6.89. The third kappa shape index (κ3) is 7.69. The molecular formula is C13H27NO2. The topological polar surface area (TPSA) is 38.3 Å². The highest BCUT2D eigenvalue weighted by molar-refractivity contribution is 5.71. The number of hydrogen-bond donors (Lipinski definition) is 1. The van der Waals surface area contributed by atoms with Gasteiger partial charge in [0.25, 0.3) is 0 Å². The first kappa shape index (κ1) is 15.4. The van der Waals surface area contributed by atoms with Crippen LogP contribution in [0.3, 0.4) is 0 Å². The van der Waals surface area contributed by atoms with Gasteiger partial charge in [-0.1, -0.05) is 27.7 Å². The van der Waals surface area contributed by atoms with Crippen molar-refractivity contribution in [1.29, 1.82) is 0 Å². The summed E-state index contributed by atoms with van der Waals surface area (Å²) in [5.41, 5.74) is -0.139. The Bertz CT molecular complexity index is 210. The molecule has 0 aromatic rings. The van der Waals surface area contributed by atoms with E-state index in [2.05, 4.69) is 33.0 Å². The Labute approximate surface area is 99.9 Å². The highest BCUT2D eigenvalue weighted by atomic mass is 16.5. The number of ether oxygens (including phenoxy) is 1. The molecule has 96 valence electrons. The van der Waals surface area contributed by atoms with Gasteiger partial charge in [-0.05, 0) is 32.7 Å². The molecule has 1 N–H and O–H groups in total.